The second kappa shape index (κ2) is 6.02. The van der Waals surface area contributed by atoms with Crippen molar-refractivity contribution in [3.05, 3.63) is 39.7 Å². The number of nitro groups is 1. The molecule has 2 aromatic rings. The summed E-state index contributed by atoms with van der Waals surface area (Å²) in [5.74, 6) is 0.586. The fraction of sp³-hybridized carbons (Fsp3) is 0.429. The lowest BCUT2D eigenvalue weighted by Crippen LogP contribution is -2.34. The van der Waals surface area contributed by atoms with E-state index in [2.05, 4.69) is 10.1 Å². The molecule has 1 aromatic heterocycles. The van der Waals surface area contributed by atoms with Gasteiger partial charge >= 0.3 is 0 Å². The van der Waals surface area contributed by atoms with Crippen molar-refractivity contribution in [2.24, 2.45) is 5.73 Å². The van der Waals surface area contributed by atoms with Gasteiger partial charge in [0.1, 0.15) is 5.56 Å². The Kier molecular flexibility index (Phi) is 4.48. The molecule has 8 heteroatoms. The Balaban J connectivity index is 0.00000176. The van der Waals surface area contributed by atoms with Gasteiger partial charge < -0.3 is 10.3 Å². The average Bonchev–Trinajstić information content (AvgIpc) is 3.07. The number of hydrogen-bond donors (Lipinski definition) is 1. The molecule has 0 aliphatic heterocycles. The lowest BCUT2D eigenvalue weighted by atomic mass is 9.98. The first kappa shape index (κ1) is 16.4. The number of benzene rings is 1. The number of nitrogens with two attached hydrogens (primary N) is 1. The molecule has 118 valence electrons. The Labute approximate surface area is 133 Å². The van der Waals surface area contributed by atoms with Gasteiger partial charge in [0, 0.05) is 6.07 Å². The minimum absolute atomic E-state index is 0. The van der Waals surface area contributed by atoms with Gasteiger partial charge in [0.05, 0.1) is 10.5 Å². The molecule has 1 fully saturated rings. The van der Waals surface area contributed by atoms with Gasteiger partial charge in [0.2, 0.25) is 0 Å². The molecule has 0 bridgehead atoms. The predicted octanol–water partition coefficient (Wildman–Crippen LogP) is 3.10. The highest BCUT2D eigenvalue weighted by molar-refractivity contribution is 5.85. The van der Waals surface area contributed by atoms with E-state index in [9.17, 15) is 10.1 Å². The van der Waals surface area contributed by atoms with Crippen molar-refractivity contribution in [3.63, 3.8) is 0 Å². The summed E-state index contributed by atoms with van der Waals surface area (Å²) < 4.78 is 5.23. The predicted molar refractivity (Wildman–Crippen MR) is 82.7 cm³/mol. The third-order valence-corrected chi connectivity index (χ3v) is 3.95. The maximum atomic E-state index is 11.1. The van der Waals surface area contributed by atoms with Crippen LogP contribution in [0.2, 0.25) is 0 Å². The van der Waals surface area contributed by atoms with Gasteiger partial charge in [-0.3, -0.25) is 10.1 Å². The zero-order chi connectivity index (χ0) is 15.0. The summed E-state index contributed by atoms with van der Waals surface area (Å²) in [6.45, 7) is 1.85. The SMILES string of the molecule is Cc1ccc([N+](=O)[O-])c(-c2nc(C3(N)CCCC3)no2)c1.Cl. The van der Waals surface area contributed by atoms with Gasteiger partial charge in [0.25, 0.3) is 11.6 Å². The number of nitro benzene ring substituents is 1. The first-order chi connectivity index (χ1) is 9.99. The Bertz CT molecular complexity index is 695. The second-order valence-electron chi connectivity index (χ2n) is 5.56. The third kappa shape index (κ3) is 2.82. The van der Waals surface area contributed by atoms with E-state index >= 15 is 0 Å². The van der Waals surface area contributed by atoms with Crippen LogP contribution in [-0.4, -0.2) is 15.1 Å². The fourth-order valence-electron chi connectivity index (χ4n) is 2.75. The van der Waals surface area contributed by atoms with Gasteiger partial charge in [-0.25, -0.2) is 0 Å². The van der Waals surface area contributed by atoms with Crippen LogP contribution in [0, 0.1) is 17.0 Å². The van der Waals surface area contributed by atoms with E-state index in [-0.39, 0.29) is 24.0 Å². The summed E-state index contributed by atoms with van der Waals surface area (Å²) >= 11 is 0. The molecule has 3 rings (SSSR count). The van der Waals surface area contributed by atoms with Crippen molar-refractivity contribution in [2.75, 3.05) is 0 Å². The molecule has 0 amide bonds. The van der Waals surface area contributed by atoms with Crippen LogP contribution in [-0.2, 0) is 5.54 Å². The largest absolute Gasteiger partial charge is 0.334 e. The van der Waals surface area contributed by atoms with Crippen LogP contribution in [0.5, 0.6) is 0 Å². The highest BCUT2D eigenvalue weighted by Gasteiger charge is 2.36. The van der Waals surface area contributed by atoms with Crippen molar-refractivity contribution in [3.8, 4) is 11.5 Å². The van der Waals surface area contributed by atoms with Crippen molar-refractivity contribution < 1.29 is 9.45 Å². The maximum Gasteiger partial charge on any atom is 0.282 e. The zero-order valence-corrected chi connectivity index (χ0v) is 12.9. The quantitative estimate of drug-likeness (QED) is 0.686. The van der Waals surface area contributed by atoms with E-state index in [4.69, 9.17) is 10.3 Å². The van der Waals surface area contributed by atoms with Crippen molar-refractivity contribution in [1.82, 2.24) is 10.1 Å². The summed E-state index contributed by atoms with van der Waals surface area (Å²) in [7, 11) is 0. The highest BCUT2D eigenvalue weighted by Crippen LogP contribution is 2.36. The van der Waals surface area contributed by atoms with Crippen LogP contribution in [0.1, 0.15) is 37.1 Å². The van der Waals surface area contributed by atoms with Gasteiger partial charge in [-0.1, -0.05) is 24.1 Å². The van der Waals surface area contributed by atoms with Crippen LogP contribution in [0.15, 0.2) is 22.7 Å². The maximum absolute atomic E-state index is 11.1. The summed E-state index contributed by atoms with van der Waals surface area (Å²) in [6.07, 6.45) is 3.68. The standard InChI is InChI=1S/C14H16N4O3.ClH/c1-9-4-5-11(18(19)20)10(8-9)12-16-13(17-21-12)14(15)6-2-3-7-14;/h4-5,8H,2-3,6-7,15H2,1H3;1H. The summed E-state index contributed by atoms with van der Waals surface area (Å²) in [4.78, 5) is 15.0. The highest BCUT2D eigenvalue weighted by atomic mass is 35.5. The lowest BCUT2D eigenvalue weighted by Gasteiger charge is -2.17. The Hall–Kier alpha value is -1.99. The average molecular weight is 325 g/mol. The Morgan fingerprint density at radius 3 is 2.68 bits per heavy atom. The number of rotatable bonds is 3. The lowest BCUT2D eigenvalue weighted by molar-refractivity contribution is -0.384. The van der Waals surface area contributed by atoms with Crippen LogP contribution in [0.25, 0.3) is 11.5 Å². The molecule has 2 N–H and O–H groups in total. The van der Waals surface area contributed by atoms with Gasteiger partial charge in [-0.05, 0) is 31.4 Å². The van der Waals surface area contributed by atoms with Crippen LogP contribution >= 0.6 is 12.4 Å². The Morgan fingerprint density at radius 1 is 1.36 bits per heavy atom. The first-order valence-electron chi connectivity index (χ1n) is 6.88. The number of halogens is 1. The summed E-state index contributed by atoms with van der Waals surface area (Å²) in [5.41, 5.74) is 6.89. The fourth-order valence-corrected chi connectivity index (χ4v) is 2.75. The molecular weight excluding hydrogens is 308 g/mol. The molecule has 1 heterocycles. The van der Waals surface area contributed by atoms with Gasteiger partial charge in [-0.15, -0.1) is 12.4 Å². The molecule has 1 aliphatic rings. The Morgan fingerprint density at radius 2 is 2.05 bits per heavy atom. The van der Waals surface area contributed by atoms with Crippen molar-refractivity contribution in [2.45, 2.75) is 38.1 Å². The van der Waals surface area contributed by atoms with Crippen LogP contribution < -0.4 is 5.73 Å². The smallest absolute Gasteiger partial charge is 0.282 e. The van der Waals surface area contributed by atoms with Crippen LogP contribution in [0.4, 0.5) is 5.69 Å². The first-order valence-corrected chi connectivity index (χ1v) is 6.88. The van der Waals surface area contributed by atoms with E-state index in [0.29, 0.717) is 11.4 Å². The monoisotopic (exact) mass is 324 g/mol. The van der Waals surface area contributed by atoms with E-state index < -0.39 is 10.5 Å². The summed E-state index contributed by atoms with van der Waals surface area (Å²) in [6, 6.07) is 4.80. The zero-order valence-electron chi connectivity index (χ0n) is 12.1. The van der Waals surface area contributed by atoms with E-state index in [1.807, 2.05) is 6.92 Å². The third-order valence-electron chi connectivity index (χ3n) is 3.95. The molecule has 0 radical (unpaired) electrons. The molecular formula is C14H17ClN4O3. The normalized spacial score (nSPS) is 16.3. The molecule has 1 aromatic carbocycles. The van der Waals surface area contributed by atoms with Gasteiger partial charge in [0.15, 0.2) is 5.82 Å². The van der Waals surface area contributed by atoms with E-state index in [1.54, 1.807) is 12.1 Å². The number of nitrogens with zero attached hydrogens (tertiary/aromatic N) is 3. The minimum atomic E-state index is -0.569. The van der Waals surface area contributed by atoms with Gasteiger partial charge in [-0.2, -0.15) is 4.98 Å². The molecule has 22 heavy (non-hydrogen) atoms. The molecule has 0 spiro atoms. The minimum Gasteiger partial charge on any atom is -0.334 e. The molecule has 0 unspecified atom stereocenters. The number of aryl methyl sites for hydroxylation is 1. The number of aromatic nitrogens is 2. The second-order valence-corrected chi connectivity index (χ2v) is 5.56. The molecule has 0 atom stereocenters. The van der Waals surface area contributed by atoms with Crippen molar-refractivity contribution >= 4 is 18.1 Å². The summed E-state index contributed by atoms with van der Waals surface area (Å²) in [5, 5.41) is 15.1. The van der Waals surface area contributed by atoms with E-state index in [1.165, 1.54) is 6.07 Å². The molecule has 1 saturated carbocycles. The van der Waals surface area contributed by atoms with Crippen LogP contribution in [0.3, 0.4) is 0 Å². The topological polar surface area (TPSA) is 108 Å². The van der Waals surface area contributed by atoms with E-state index in [0.717, 1.165) is 31.2 Å². The number of hydrogen-bond acceptors (Lipinski definition) is 6. The molecule has 1 aliphatic carbocycles. The molecule has 0 saturated heterocycles. The molecule has 7 nitrogen and oxygen atoms in total. The van der Waals surface area contributed by atoms with Crippen molar-refractivity contribution in [1.29, 1.82) is 0 Å².